The van der Waals surface area contributed by atoms with Gasteiger partial charge in [0.15, 0.2) is 6.04 Å². The van der Waals surface area contributed by atoms with Crippen molar-refractivity contribution in [1.82, 2.24) is 55.6 Å². The van der Waals surface area contributed by atoms with Crippen LogP contribution in [0.2, 0.25) is 0 Å². The van der Waals surface area contributed by atoms with E-state index in [4.69, 9.17) is 0 Å². The van der Waals surface area contributed by atoms with Gasteiger partial charge in [0.25, 0.3) is 17.7 Å². The van der Waals surface area contributed by atoms with Crippen LogP contribution in [0.15, 0.2) is 30.3 Å². The predicted octanol–water partition coefficient (Wildman–Crippen LogP) is 2.54. The number of urea groups is 1. The van der Waals surface area contributed by atoms with E-state index in [0.29, 0.717) is 44.4 Å². The van der Waals surface area contributed by atoms with E-state index < -0.39 is 83.8 Å². The Kier molecular flexibility index (Phi) is 26.5. The molecule has 1 fully saturated rings. The van der Waals surface area contributed by atoms with Crippen LogP contribution >= 0.6 is 0 Å². The number of benzene rings is 1. The Morgan fingerprint density at radius 2 is 1.26 bits per heavy atom. The highest BCUT2D eigenvalue weighted by molar-refractivity contribution is 6.09. The molecule has 0 bridgehead atoms. The third-order valence-electron chi connectivity index (χ3n) is 14.2. The molecular formula is C53H93N11O9. The van der Waals surface area contributed by atoms with Gasteiger partial charge in [-0.2, -0.15) is 0 Å². The zero-order chi connectivity index (χ0) is 55.6. The minimum Gasteiger partial charge on any atom is -0.391 e. The quantitative estimate of drug-likeness (QED) is 0.0634. The molecule has 20 nitrogen and oxygen atoms in total. The maximum absolute atomic E-state index is 14.6. The van der Waals surface area contributed by atoms with E-state index in [2.05, 4.69) is 65.8 Å². The zero-order valence-electron chi connectivity index (χ0n) is 47.2. The second-order valence-electron chi connectivity index (χ2n) is 21.5. The van der Waals surface area contributed by atoms with Gasteiger partial charge in [0.05, 0.1) is 31.0 Å². The van der Waals surface area contributed by atoms with E-state index in [9.17, 15) is 43.5 Å². The summed E-state index contributed by atoms with van der Waals surface area (Å²) >= 11 is 0. The molecular weight excluding hydrogens is 935 g/mol. The number of carbonyl (C=O) groups excluding carboxylic acids is 8. The summed E-state index contributed by atoms with van der Waals surface area (Å²) in [6, 6.07) is 2.05. The lowest BCUT2D eigenvalue weighted by Gasteiger charge is -2.40. The largest absolute Gasteiger partial charge is 0.391 e. The molecule has 2 rings (SSSR count). The molecule has 414 valence electrons. The third-order valence-corrected chi connectivity index (χ3v) is 14.2. The van der Waals surface area contributed by atoms with E-state index >= 15 is 0 Å². The first-order valence-corrected chi connectivity index (χ1v) is 26.1. The summed E-state index contributed by atoms with van der Waals surface area (Å²) in [6.45, 7) is 21.4. The topological polar surface area (TPSA) is 228 Å². The molecule has 1 heterocycles. The number of amides is 9. The summed E-state index contributed by atoms with van der Waals surface area (Å²) in [6.07, 6.45) is 2.86. The van der Waals surface area contributed by atoms with Gasteiger partial charge in [0, 0.05) is 60.8 Å². The molecule has 9 atom stereocenters. The second-order valence-corrected chi connectivity index (χ2v) is 21.5. The molecule has 1 aliphatic rings. The van der Waals surface area contributed by atoms with Gasteiger partial charge in [-0.05, 0) is 104 Å². The minimum absolute atomic E-state index is 0.00553. The summed E-state index contributed by atoms with van der Waals surface area (Å²) in [5.41, 5.74) is 0.822. The molecule has 0 aromatic heterocycles. The molecule has 1 aromatic carbocycles. The lowest BCUT2D eigenvalue weighted by Crippen LogP contribution is -2.62. The molecule has 1 unspecified atom stereocenters. The standard InChI is InChI=1S/C53H93N11O9/c1-33(2)28-36(7)60(14)39(10)58(12)31-43(38(9)65)55-48(68)46(35(5)6)63(17)50(70)42(30-41-24-20-18-21-25-41)54-32-59(13)49(69)37(8)61(15)51(71)45(52(72)64-26-22-19-23-27-64)56-53(73)57-47(67)44(29-34(3)4)62(16)40(11)66/h18,20-21,24-25,33-39,42-46,54,65H,19,22-23,26-32H2,1-17H3,(H,55,68)(H2,56,57,67,73)/t36-,37+,38-,39-,42+,43-,44+,45+,46?/m1/s1. The van der Waals surface area contributed by atoms with Crippen molar-refractivity contribution >= 4 is 47.4 Å². The Morgan fingerprint density at radius 1 is 0.685 bits per heavy atom. The first-order valence-electron chi connectivity index (χ1n) is 26.1. The molecule has 1 aromatic rings. The maximum Gasteiger partial charge on any atom is 0.322 e. The van der Waals surface area contributed by atoms with Crippen molar-refractivity contribution in [3.05, 3.63) is 35.9 Å². The second kappa shape index (κ2) is 30.3. The third kappa shape index (κ3) is 19.6. The summed E-state index contributed by atoms with van der Waals surface area (Å²) < 4.78 is 0. The highest BCUT2D eigenvalue weighted by Gasteiger charge is 2.40. The van der Waals surface area contributed by atoms with Gasteiger partial charge in [-0.3, -0.25) is 54.0 Å². The van der Waals surface area contributed by atoms with Gasteiger partial charge in [-0.1, -0.05) is 71.9 Å². The fraction of sp³-hybridized carbons (Fsp3) is 0.736. The first kappa shape index (κ1) is 63.9. The number of aliphatic hydroxyl groups excluding tert-OH is 1. The Bertz CT molecular complexity index is 1960. The first-order chi connectivity index (χ1) is 34.0. The highest BCUT2D eigenvalue weighted by Crippen LogP contribution is 2.19. The number of hydrogen-bond acceptors (Lipinski definition) is 12. The summed E-state index contributed by atoms with van der Waals surface area (Å²) in [7, 11) is 9.89. The monoisotopic (exact) mass is 1030 g/mol. The van der Waals surface area contributed by atoms with Crippen molar-refractivity contribution < 1.29 is 43.5 Å². The number of likely N-dealkylation sites (N-methyl/N-ethyl adjacent to an activating group) is 5. The van der Waals surface area contributed by atoms with Gasteiger partial charge in [-0.25, -0.2) is 4.79 Å². The van der Waals surface area contributed by atoms with Crippen LogP contribution in [0, 0.1) is 17.8 Å². The van der Waals surface area contributed by atoms with Crippen LogP contribution in [0.5, 0.6) is 0 Å². The predicted molar refractivity (Wildman–Crippen MR) is 283 cm³/mol. The number of imide groups is 1. The summed E-state index contributed by atoms with van der Waals surface area (Å²) in [5.74, 6) is -3.95. The number of aliphatic hydroxyl groups is 1. The molecule has 20 heteroatoms. The van der Waals surface area contributed by atoms with Gasteiger partial charge >= 0.3 is 6.03 Å². The molecule has 1 saturated heterocycles. The van der Waals surface area contributed by atoms with Crippen LogP contribution in [0.4, 0.5) is 4.79 Å². The van der Waals surface area contributed by atoms with Crippen LogP contribution in [-0.4, -0.2) is 210 Å². The molecule has 0 saturated carbocycles. The minimum atomic E-state index is -1.79. The number of hydrogen-bond donors (Lipinski definition) is 5. The van der Waals surface area contributed by atoms with Crippen molar-refractivity contribution in [2.45, 2.75) is 169 Å². The molecule has 1 aliphatic heterocycles. The molecule has 73 heavy (non-hydrogen) atoms. The average Bonchev–Trinajstić information content (AvgIpc) is 3.33. The van der Waals surface area contributed by atoms with E-state index in [1.54, 1.807) is 14.0 Å². The number of carbonyl (C=O) groups is 8. The number of nitrogens with one attached hydrogen (secondary N) is 4. The summed E-state index contributed by atoms with van der Waals surface area (Å²) in [5, 5.41) is 21.8. The van der Waals surface area contributed by atoms with Crippen molar-refractivity contribution in [1.29, 1.82) is 0 Å². The van der Waals surface area contributed by atoms with Crippen LogP contribution in [0.1, 0.15) is 114 Å². The highest BCUT2D eigenvalue weighted by atomic mass is 16.3. The average molecular weight is 1030 g/mol. The smallest absolute Gasteiger partial charge is 0.322 e. The Morgan fingerprint density at radius 3 is 1.78 bits per heavy atom. The molecule has 9 amide bonds. The van der Waals surface area contributed by atoms with Crippen LogP contribution < -0.4 is 21.3 Å². The Balaban J connectivity index is 2.34. The van der Waals surface area contributed by atoms with E-state index in [0.717, 1.165) is 23.3 Å². The van der Waals surface area contributed by atoms with Crippen LogP contribution in [0.3, 0.4) is 0 Å². The van der Waals surface area contributed by atoms with Gasteiger partial charge < -0.3 is 40.2 Å². The van der Waals surface area contributed by atoms with Gasteiger partial charge in [-0.15, -0.1) is 0 Å². The van der Waals surface area contributed by atoms with Crippen molar-refractivity contribution in [3.63, 3.8) is 0 Å². The van der Waals surface area contributed by atoms with E-state index in [1.165, 1.54) is 54.6 Å². The SMILES string of the molecule is CC(=O)N(C)[C@@H](CC(C)C)C(=O)NC(=O)N[C@H](C(=O)N1CCCCC1)C(=O)N(C)[C@@H](C)C(=O)N(C)CN[C@@H](Cc1ccccc1)C(=O)N(C)C(C(=O)N[C@H](CN(C)[C@@H](C)N(C)[C@H](C)CC(C)C)[C@@H](C)O)C(C)C. The Labute approximate surface area is 436 Å². The van der Waals surface area contributed by atoms with Gasteiger partial charge in [0.2, 0.25) is 23.6 Å². The normalized spacial score (nSPS) is 16.7. The number of rotatable bonds is 27. The number of piperidine rings is 1. The molecule has 5 N–H and O–H groups in total. The fourth-order valence-electron chi connectivity index (χ4n) is 9.18. The maximum atomic E-state index is 14.6. The van der Waals surface area contributed by atoms with Crippen molar-refractivity contribution in [3.8, 4) is 0 Å². The van der Waals surface area contributed by atoms with Crippen LogP contribution in [-0.2, 0) is 40.0 Å². The lowest BCUT2D eigenvalue weighted by molar-refractivity contribution is -0.149. The fourth-order valence-corrected chi connectivity index (χ4v) is 9.18. The van der Waals surface area contributed by atoms with Crippen molar-refractivity contribution in [2.24, 2.45) is 17.8 Å². The zero-order valence-corrected chi connectivity index (χ0v) is 47.2. The Hall–Kier alpha value is -5.18. The molecule has 0 radical (unpaired) electrons. The van der Waals surface area contributed by atoms with Crippen molar-refractivity contribution in [2.75, 3.05) is 68.6 Å². The lowest BCUT2D eigenvalue weighted by atomic mass is 9.98. The van der Waals surface area contributed by atoms with Crippen LogP contribution in [0.25, 0.3) is 0 Å². The summed E-state index contributed by atoms with van der Waals surface area (Å²) in [4.78, 5) is 121. The van der Waals surface area contributed by atoms with E-state index in [-0.39, 0.29) is 43.4 Å². The number of likely N-dealkylation sites (tertiary alicyclic amines) is 1. The molecule has 0 aliphatic carbocycles. The van der Waals surface area contributed by atoms with Gasteiger partial charge in [0.1, 0.15) is 18.1 Å². The molecule has 0 spiro atoms. The number of nitrogens with zero attached hydrogens (tertiary/aromatic N) is 7. The van der Waals surface area contributed by atoms with E-state index in [1.807, 2.05) is 65.1 Å².